The summed E-state index contributed by atoms with van der Waals surface area (Å²) in [6.45, 7) is 0. The van der Waals surface area contributed by atoms with Gasteiger partial charge in [0.2, 0.25) is 11.6 Å². The summed E-state index contributed by atoms with van der Waals surface area (Å²) in [7, 11) is 3.34. The lowest BCUT2D eigenvalue weighted by Gasteiger charge is -1.87. The highest BCUT2D eigenvalue weighted by Gasteiger charge is 2.15. The summed E-state index contributed by atoms with van der Waals surface area (Å²) in [6, 6.07) is 0. The molecule has 0 radical (unpaired) electrons. The van der Waals surface area contributed by atoms with Gasteiger partial charge in [-0.2, -0.15) is 9.90 Å². The highest BCUT2D eigenvalue weighted by atomic mass is 16.1. The lowest BCUT2D eigenvalue weighted by molar-refractivity contribution is 0.102. The first-order valence-corrected chi connectivity index (χ1v) is 3.94. The van der Waals surface area contributed by atoms with Crippen LogP contribution in [0.1, 0.15) is 16.2 Å². The van der Waals surface area contributed by atoms with Gasteiger partial charge < -0.3 is 0 Å². The first kappa shape index (κ1) is 8.54. The summed E-state index contributed by atoms with van der Waals surface area (Å²) >= 11 is 0. The van der Waals surface area contributed by atoms with Gasteiger partial charge in [0, 0.05) is 13.2 Å². The Morgan fingerprint density at radius 3 is 2.71 bits per heavy atom. The molecular formula is C7H8N6O. The molecule has 0 aromatic carbocycles. The van der Waals surface area contributed by atoms with Gasteiger partial charge in [-0.25, -0.2) is 0 Å². The van der Waals surface area contributed by atoms with Gasteiger partial charge in [-0.3, -0.25) is 9.48 Å². The molecule has 2 aromatic rings. The summed E-state index contributed by atoms with van der Waals surface area (Å²) in [4.78, 5) is 12.9. The molecule has 0 aliphatic heterocycles. The summed E-state index contributed by atoms with van der Waals surface area (Å²) in [6.07, 6.45) is 3.08. The monoisotopic (exact) mass is 192 g/mol. The van der Waals surface area contributed by atoms with Crippen molar-refractivity contribution < 1.29 is 4.79 Å². The van der Waals surface area contributed by atoms with Crippen LogP contribution < -0.4 is 0 Å². The second-order valence-corrected chi connectivity index (χ2v) is 2.83. The highest BCUT2D eigenvalue weighted by Crippen LogP contribution is 2.02. The Morgan fingerprint density at radius 2 is 2.21 bits per heavy atom. The summed E-state index contributed by atoms with van der Waals surface area (Å²) < 4.78 is 1.55. The second-order valence-electron chi connectivity index (χ2n) is 2.83. The molecule has 72 valence electrons. The van der Waals surface area contributed by atoms with E-state index >= 15 is 0 Å². The number of carbonyl (C=O) groups is 1. The smallest absolute Gasteiger partial charge is 0.245 e. The fourth-order valence-corrected chi connectivity index (χ4v) is 1.04. The number of aryl methyl sites for hydroxylation is 2. The minimum Gasteiger partial charge on any atom is -0.285 e. The van der Waals surface area contributed by atoms with Crippen molar-refractivity contribution >= 4 is 5.78 Å². The second kappa shape index (κ2) is 3.02. The Bertz CT molecular complexity index is 428. The molecule has 7 nitrogen and oxygen atoms in total. The average Bonchev–Trinajstić information content (AvgIpc) is 2.73. The van der Waals surface area contributed by atoms with E-state index in [2.05, 4.69) is 20.5 Å². The Morgan fingerprint density at radius 1 is 1.43 bits per heavy atom. The van der Waals surface area contributed by atoms with Crippen molar-refractivity contribution in [3.8, 4) is 0 Å². The van der Waals surface area contributed by atoms with E-state index in [0.29, 0.717) is 5.56 Å². The first-order valence-electron chi connectivity index (χ1n) is 3.94. The maximum Gasteiger partial charge on any atom is 0.245 e. The number of nitrogens with zero attached hydrogens (tertiary/aromatic N) is 6. The van der Waals surface area contributed by atoms with E-state index in [4.69, 9.17) is 0 Å². The van der Waals surface area contributed by atoms with Crippen molar-refractivity contribution in [3.05, 3.63) is 23.8 Å². The molecule has 0 N–H and O–H groups in total. The highest BCUT2D eigenvalue weighted by molar-refractivity contribution is 6.05. The number of hydrogen-bond acceptors (Lipinski definition) is 5. The number of hydrogen-bond donors (Lipinski definition) is 0. The van der Waals surface area contributed by atoms with Gasteiger partial charge >= 0.3 is 0 Å². The zero-order valence-corrected chi connectivity index (χ0v) is 7.75. The van der Waals surface area contributed by atoms with Gasteiger partial charge in [0.1, 0.15) is 0 Å². The van der Waals surface area contributed by atoms with Crippen molar-refractivity contribution in [1.82, 2.24) is 30.0 Å². The molecule has 0 aliphatic rings. The maximum absolute atomic E-state index is 11.6. The van der Waals surface area contributed by atoms with Crippen LogP contribution in [0.5, 0.6) is 0 Å². The van der Waals surface area contributed by atoms with E-state index in [-0.39, 0.29) is 11.6 Å². The molecule has 2 heterocycles. The number of carbonyl (C=O) groups excluding carboxylic acids is 1. The van der Waals surface area contributed by atoms with Crippen molar-refractivity contribution in [2.45, 2.75) is 0 Å². The van der Waals surface area contributed by atoms with Crippen molar-refractivity contribution in [3.63, 3.8) is 0 Å². The largest absolute Gasteiger partial charge is 0.285 e. The Balaban J connectivity index is 2.33. The zero-order chi connectivity index (χ0) is 10.1. The van der Waals surface area contributed by atoms with Gasteiger partial charge in [-0.1, -0.05) is 0 Å². The Kier molecular flexibility index (Phi) is 1.84. The van der Waals surface area contributed by atoms with Crippen LogP contribution in [0.3, 0.4) is 0 Å². The van der Waals surface area contributed by atoms with Crippen LogP contribution in [0, 0.1) is 0 Å². The lowest BCUT2D eigenvalue weighted by Crippen LogP contribution is -2.03. The standard InChI is InChI=1S/C7H8N6O/c1-12-4-5(3-8-12)6(14)7-9-11-13(2)10-7/h3-4H,1-2H3. The molecule has 0 atom stereocenters. The van der Waals surface area contributed by atoms with Gasteiger partial charge in [0.25, 0.3) is 0 Å². The van der Waals surface area contributed by atoms with Crippen LogP contribution in [-0.2, 0) is 14.1 Å². The summed E-state index contributed by atoms with van der Waals surface area (Å²) in [5.41, 5.74) is 0.459. The molecule has 0 aliphatic carbocycles. The number of ketones is 1. The molecule has 14 heavy (non-hydrogen) atoms. The minimum absolute atomic E-state index is 0.0838. The fraction of sp³-hybridized carbons (Fsp3) is 0.286. The van der Waals surface area contributed by atoms with Crippen molar-refractivity contribution in [2.75, 3.05) is 0 Å². The normalized spacial score (nSPS) is 10.4. The molecule has 2 rings (SSSR count). The molecule has 2 aromatic heterocycles. The van der Waals surface area contributed by atoms with E-state index in [1.165, 1.54) is 11.0 Å². The minimum atomic E-state index is -0.272. The predicted molar refractivity (Wildman–Crippen MR) is 45.4 cm³/mol. The van der Waals surface area contributed by atoms with E-state index in [1.54, 1.807) is 25.0 Å². The number of aromatic nitrogens is 6. The Hall–Kier alpha value is -2.05. The number of rotatable bonds is 2. The van der Waals surface area contributed by atoms with Crippen LogP contribution in [0.25, 0.3) is 0 Å². The third-order valence-corrected chi connectivity index (χ3v) is 1.68. The molecule has 0 spiro atoms. The maximum atomic E-state index is 11.6. The summed E-state index contributed by atoms with van der Waals surface area (Å²) in [5.74, 6) is -0.188. The van der Waals surface area contributed by atoms with E-state index in [9.17, 15) is 4.79 Å². The Labute approximate surface area is 79.3 Å². The molecule has 0 unspecified atom stereocenters. The summed E-state index contributed by atoms with van der Waals surface area (Å²) in [5, 5.41) is 14.9. The number of tetrazole rings is 1. The van der Waals surface area contributed by atoms with Crippen LogP contribution >= 0.6 is 0 Å². The quantitative estimate of drug-likeness (QED) is 0.580. The van der Waals surface area contributed by atoms with Crippen LogP contribution in [-0.4, -0.2) is 35.8 Å². The van der Waals surface area contributed by atoms with Gasteiger partial charge in [-0.05, 0) is 5.21 Å². The van der Waals surface area contributed by atoms with Crippen LogP contribution in [0.15, 0.2) is 12.4 Å². The first-order chi connectivity index (χ1) is 6.66. The molecule has 0 bridgehead atoms. The van der Waals surface area contributed by atoms with Crippen LogP contribution in [0.2, 0.25) is 0 Å². The third kappa shape index (κ3) is 1.39. The van der Waals surface area contributed by atoms with E-state index < -0.39 is 0 Å². The van der Waals surface area contributed by atoms with Gasteiger partial charge in [-0.15, -0.1) is 10.2 Å². The van der Waals surface area contributed by atoms with Gasteiger partial charge in [0.05, 0.1) is 18.8 Å². The van der Waals surface area contributed by atoms with E-state index in [0.717, 1.165) is 0 Å². The van der Waals surface area contributed by atoms with Crippen molar-refractivity contribution in [1.29, 1.82) is 0 Å². The zero-order valence-electron chi connectivity index (χ0n) is 7.75. The molecule has 0 saturated heterocycles. The third-order valence-electron chi connectivity index (χ3n) is 1.68. The van der Waals surface area contributed by atoms with Gasteiger partial charge in [0.15, 0.2) is 0 Å². The molecular weight excluding hydrogens is 184 g/mol. The molecule has 0 saturated carbocycles. The molecule has 0 fully saturated rings. The van der Waals surface area contributed by atoms with E-state index in [1.807, 2.05) is 0 Å². The predicted octanol–water partition coefficient (Wildman–Crippen LogP) is -0.825. The lowest BCUT2D eigenvalue weighted by atomic mass is 10.2. The average molecular weight is 192 g/mol. The SMILES string of the molecule is Cn1cc(C(=O)c2nnn(C)n2)cn1. The van der Waals surface area contributed by atoms with Crippen molar-refractivity contribution in [2.24, 2.45) is 14.1 Å². The fourth-order valence-electron chi connectivity index (χ4n) is 1.04. The topological polar surface area (TPSA) is 78.5 Å². The van der Waals surface area contributed by atoms with Crippen LogP contribution in [0.4, 0.5) is 0 Å². The molecule has 0 amide bonds. The molecule has 7 heteroatoms.